The van der Waals surface area contributed by atoms with Crippen LogP contribution in [-0.2, 0) is 4.74 Å². The van der Waals surface area contributed by atoms with Crippen molar-refractivity contribution in [3.05, 3.63) is 23.2 Å². The molecular weight excluding hydrogens is 204 g/mol. The molecule has 3 nitrogen and oxygen atoms in total. The monoisotopic (exact) mass is 224 g/mol. The molecule has 1 heterocycles. The molecule has 0 aromatic rings. The lowest BCUT2D eigenvalue weighted by atomic mass is 9.81. The van der Waals surface area contributed by atoms with Gasteiger partial charge in [-0.3, -0.25) is 0 Å². The molecule has 2 N–H and O–H groups in total. The molecule has 2 unspecified atom stereocenters. The highest BCUT2D eigenvalue weighted by molar-refractivity contribution is 5.36. The summed E-state index contributed by atoms with van der Waals surface area (Å²) in [6.45, 7) is 6.10. The first-order valence-electron chi connectivity index (χ1n) is 5.88. The van der Waals surface area contributed by atoms with Crippen molar-refractivity contribution in [2.24, 2.45) is 11.8 Å². The van der Waals surface area contributed by atoms with Crippen molar-refractivity contribution in [2.45, 2.75) is 39.2 Å². The van der Waals surface area contributed by atoms with Gasteiger partial charge in [-0.05, 0) is 38.7 Å². The highest BCUT2D eigenvalue weighted by Crippen LogP contribution is 2.41. The maximum atomic E-state index is 10.1. The third-order valence-electron chi connectivity index (χ3n) is 3.57. The van der Waals surface area contributed by atoms with Crippen molar-refractivity contribution in [1.82, 2.24) is 0 Å². The van der Waals surface area contributed by atoms with E-state index in [4.69, 9.17) is 4.74 Å². The normalized spacial score (nSPS) is 32.9. The molecule has 2 aliphatic rings. The zero-order valence-corrected chi connectivity index (χ0v) is 10.2. The Kier molecular flexibility index (Phi) is 2.74. The van der Waals surface area contributed by atoms with Gasteiger partial charge in [0.05, 0.1) is 6.61 Å². The molecule has 0 aromatic carbocycles. The molecule has 1 saturated heterocycles. The number of allylic oxidation sites excluding steroid dienone is 2. The van der Waals surface area contributed by atoms with Crippen molar-refractivity contribution in [1.29, 1.82) is 0 Å². The minimum absolute atomic E-state index is 0.0102. The number of ether oxygens (including phenoxy) is 1. The smallest absolute Gasteiger partial charge is 0.122 e. The van der Waals surface area contributed by atoms with Gasteiger partial charge in [-0.1, -0.05) is 6.92 Å². The predicted molar refractivity (Wildman–Crippen MR) is 61.9 cm³/mol. The van der Waals surface area contributed by atoms with Crippen molar-refractivity contribution >= 4 is 0 Å². The highest BCUT2D eigenvalue weighted by Gasteiger charge is 2.36. The van der Waals surface area contributed by atoms with E-state index in [9.17, 15) is 10.2 Å². The second-order valence-electron chi connectivity index (χ2n) is 5.40. The van der Waals surface area contributed by atoms with Crippen molar-refractivity contribution < 1.29 is 14.9 Å². The first kappa shape index (κ1) is 11.5. The van der Waals surface area contributed by atoms with Gasteiger partial charge in [-0.25, -0.2) is 0 Å². The lowest BCUT2D eigenvalue weighted by Gasteiger charge is -2.38. The number of hydrogen-bond acceptors (Lipinski definition) is 3. The first-order chi connectivity index (χ1) is 7.44. The van der Waals surface area contributed by atoms with Crippen LogP contribution in [0, 0.1) is 11.8 Å². The molecule has 16 heavy (non-hydrogen) atoms. The van der Waals surface area contributed by atoms with E-state index >= 15 is 0 Å². The molecule has 0 spiro atoms. The number of aliphatic hydroxyl groups excluding tert-OH is 2. The van der Waals surface area contributed by atoms with Gasteiger partial charge in [0.25, 0.3) is 0 Å². The Balaban J connectivity index is 2.33. The summed E-state index contributed by atoms with van der Waals surface area (Å²) in [7, 11) is 0. The molecule has 0 saturated carbocycles. The van der Waals surface area contributed by atoms with Gasteiger partial charge in [0, 0.05) is 11.5 Å². The van der Waals surface area contributed by atoms with Crippen LogP contribution < -0.4 is 0 Å². The van der Waals surface area contributed by atoms with E-state index in [1.165, 1.54) is 0 Å². The Morgan fingerprint density at radius 2 is 2.19 bits per heavy atom. The van der Waals surface area contributed by atoms with Crippen molar-refractivity contribution in [3.63, 3.8) is 0 Å². The zero-order chi connectivity index (χ0) is 11.9. The fraction of sp³-hybridized carbons (Fsp3) is 0.692. The Morgan fingerprint density at radius 3 is 2.81 bits per heavy atom. The molecule has 1 aliphatic heterocycles. The molecular formula is C13H20O3. The SMILES string of the molecule is CC1C=C2OC(C)(C)CCC2=C(O)C1CO. The Morgan fingerprint density at radius 1 is 1.50 bits per heavy atom. The second kappa shape index (κ2) is 3.81. The fourth-order valence-corrected chi connectivity index (χ4v) is 2.43. The van der Waals surface area contributed by atoms with E-state index in [0.717, 1.165) is 24.2 Å². The number of rotatable bonds is 1. The van der Waals surface area contributed by atoms with Crippen LogP contribution in [0.2, 0.25) is 0 Å². The summed E-state index contributed by atoms with van der Waals surface area (Å²) >= 11 is 0. The highest BCUT2D eigenvalue weighted by atomic mass is 16.5. The van der Waals surface area contributed by atoms with Crippen LogP contribution in [-0.4, -0.2) is 22.4 Å². The van der Waals surface area contributed by atoms with Gasteiger partial charge in [0.15, 0.2) is 0 Å². The fourth-order valence-electron chi connectivity index (χ4n) is 2.43. The summed E-state index contributed by atoms with van der Waals surface area (Å²) in [4.78, 5) is 0. The summed E-state index contributed by atoms with van der Waals surface area (Å²) in [5.74, 6) is 1.09. The molecule has 2 atom stereocenters. The van der Waals surface area contributed by atoms with E-state index in [1.807, 2.05) is 13.0 Å². The van der Waals surface area contributed by atoms with Crippen LogP contribution in [0.15, 0.2) is 23.2 Å². The van der Waals surface area contributed by atoms with Crippen LogP contribution >= 0.6 is 0 Å². The van der Waals surface area contributed by atoms with E-state index in [-0.39, 0.29) is 24.0 Å². The van der Waals surface area contributed by atoms with Gasteiger partial charge >= 0.3 is 0 Å². The van der Waals surface area contributed by atoms with Gasteiger partial charge in [-0.15, -0.1) is 0 Å². The van der Waals surface area contributed by atoms with Gasteiger partial charge in [-0.2, -0.15) is 0 Å². The van der Waals surface area contributed by atoms with E-state index in [0.29, 0.717) is 5.76 Å². The quantitative estimate of drug-likeness (QED) is 0.719. The maximum Gasteiger partial charge on any atom is 0.122 e. The summed E-state index contributed by atoms with van der Waals surface area (Å²) in [5.41, 5.74) is 0.734. The van der Waals surface area contributed by atoms with Crippen LogP contribution in [0.5, 0.6) is 0 Å². The average molecular weight is 224 g/mol. The molecule has 0 radical (unpaired) electrons. The van der Waals surface area contributed by atoms with Gasteiger partial charge < -0.3 is 14.9 Å². The molecule has 0 aromatic heterocycles. The van der Waals surface area contributed by atoms with E-state index in [2.05, 4.69) is 13.8 Å². The number of fused-ring (bicyclic) bond motifs is 1. The predicted octanol–water partition coefficient (Wildman–Crippen LogP) is 2.53. The van der Waals surface area contributed by atoms with Gasteiger partial charge in [0.1, 0.15) is 17.1 Å². The standard InChI is InChI=1S/C13H20O3/c1-8-6-11-9(12(15)10(8)7-14)4-5-13(2,3)16-11/h6,8,10,14-15H,4-5,7H2,1-3H3. The lowest BCUT2D eigenvalue weighted by molar-refractivity contribution is 0.00806. The largest absolute Gasteiger partial charge is 0.511 e. The molecule has 1 aliphatic carbocycles. The zero-order valence-electron chi connectivity index (χ0n) is 10.2. The minimum atomic E-state index is -0.163. The third kappa shape index (κ3) is 1.84. The summed E-state index contributed by atoms with van der Waals surface area (Å²) in [6.07, 6.45) is 3.75. The third-order valence-corrected chi connectivity index (χ3v) is 3.57. The molecule has 90 valence electrons. The van der Waals surface area contributed by atoms with Crippen LogP contribution in [0.4, 0.5) is 0 Å². The summed E-state index contributed by atoms with van der Waals surface area (Å²) in [6, 6.07) is 0. The molecule has 2 rings (SSSR count). The summed E-state index contributed by atoms with van der Waals surface area (Å²) in [5, 5.41) is 19.4. The second-order valence-corrected chi connectivity index (χ2v) is 5.40. The van der Waals surface area contributed by atoms with E-state index in [1.54, 1.807) is 0 Å². The summed E-state index contributed by atoms with van der Waals surface area (Å²) < 4.78 is 5.87. The van der Waals surface area contributed by atoms with Crippen LogP contribution in [0.1, 0.15) is 33.6 Å². The van der Waals surface area contributed by atoms with Crippen LogP contribution in [0.25, 0.3) is 0 Å². The Bertz CT molecular complexity index is 352. The molecule has 0 amide bonds. The first-order valence-corrected chi connectivity index (χ1v) is 5.88. The Hall–Kier alpha value is -0.960. The van der Waals surface area contributed by atoms with Crippen molar-refractivity contribution in [2.75, 3.05) is 6.61 Å². The topological polar surface area (TPSA) is 49.7 Å². The Labute approximate surface area is 96.4 Å². The number of hydrogen-bond donors (Lipinski definition) is 2. The van der Waals surface area contributed by atoms with E-state index < -0.39 is 0 Å². The average Bonchev–Trinajstić information content (AvgIpc) is 2.16. The van der Waals surface area contributed by atoms with Gasteiger partial charge in [0.2, 0.25) is 0 Å². The molecule has 3 heteroatoms. The lowest BCUT2D eigenvalue weighted by Crippen LogP contribution is -2.33. The maximum absolute atomic E-state index is 10.1. The number of aliphatic hydroxyl groups is 2. The van der Waals surface area contributed by atoms with Crippen LogP contribution in [0.3, 0.4) is 0 Å². The minimum Gasteiger partial charge on any atom is -0.511 e. The van der Waals surface area contributed by atoms with Crippen molar-refractivity contribution in [3.8, 4) is 0 Å². The molecule has 0 bridgehead atoms. The molecule has 1 fully saturated rings.